The van der Waals surface area contributed by atoms with Crippen LogP contribution in [-0.2, 0) is 16.1 Å². The third kappa shape index (κ3) is 3.03. The second-order valence-corrected chi connectivity index (χ2v) is 5.43. The molecule has 1 saturated heterocycles. The molecule has 6 heteroatoms. The van der Waals surface area contributed by atoms with E-state index in [9.17, 15) is 9.59 Å². The predicted molar refractivity (Wildman–Crippen MR) is 83.6 cm³/mol. The van der Waals surface area contributed by atoms with Gasteiger partial charge in [0.15, 0.2) is 0 Å². The number of aromatic nitrogens is 1. The number of ether oxygens (including phenoxy) is 1. The van der Waals surface area contributed by atoms with Crippen LogP contribution in [0.3, 0.4) is 0 Å². The van der Waals surface area contributed by atoms with Gasteiger partial charge in [-0.05, 0) is 18.6 Å². The fraction of sp³-hybridized carbons (Fsp3) is 0.375. The molecule has 0 aliphatic carbocycles. The van der Waals surface area contributed by atoms with Crippen LogP contribution in [0.2, 0.25) is 0 Å². The topological polar surface area (TPSA) is 83.2 Å². The number of para-hydroxylation sites is 1. The number of rotatable bonds is 3. The molecule has 0 spiro atoms. The van der Waals surface area contributed by atoms with Gasteiger partial charge in [-0.1, -0.05) is 18.2 Å². The first kappa shape index (κ1) is 14.7. The molecule has 2 heterocycles. The quantitative estimate of drug-likeness (QED) is 0.772. The second-order valence-electron chi connectivity index (χ2n) is 5.43. The highest BCUT2D eigenvalue weighted by molar-refractivity contribution is 5.84. The molecule has 1 fully saturated rings. The maximum Gasteiger partial charge on any atom is 0.248 e. The lowest BCUT2D eigenvalue weighted by molar-refractivity contribution is -0.129. The zero-order valence-electron chi connectivity index (χ0n) is 12.4. The molecule has 0 saturated carbocycles. The van der Waals surface area contributed by atoms with Crippen LogP contribution in [0.5, 0.6) is 0 Å². The monoisotopic (exact) mass is 301 g/mol. The number of carbonyl (C=O) groups is 1. The highest BCUT2D eigenvalue weighted by Crippen LogP contribution is 2.14. The van der Waals surface area contributed by atoms with Gasteiger partial charge in [-0.25, -0.2) is 0 Å². The Morgan fingerprint density at radius 3 is 3.05 bits per heavy atom. The first-order chi connectivity index (χ1) is 10.6. The normalized spacial score (nSPS) is 21.7. The van der Waals surface area contributed by atoms with E-state index in [2.05, 4.69) is 15.6 Å². The van der Waals surface area contributed by atoms with Gasteiger partial charge in [-0.15, -0.1) is 0 Å². The number of hydrogen-bond acceptors (Lipinski definition) is 4. The molecule has 0 unspecified atom stereocenters. The molecule has 3 N–H and O–H groups in total. The summed E-state index contributed by atoms with van der Waals surface area (Å²) in [5, 5.41) is 6.97. The molecule has 1 aliphatic heterocycles. The summed E-state index contributed by atoms with van der Waals surface area (Å²) in [5.74, 6) is -0.114. The van der Waals surface area contributed by atoms with E-state index in [4.69, 9.17) is 4.74 Å². The number of amides is 1. The number of morpholine rings is 1. The third-order valence-corrected chi connectivity index (χ3v) is 3.89. The SMILES string of the molecule is C[C@H]1OCCN[C@@H]1C(=O)NCc1cc(=O)[nH]c2ccccc12. The zero-order valence-corrected chi connectivity index (χ0v) is 12.4. The molecule has 0 radical (unpaired) electrons. The van der Waals surface area contributed by atoms with Crippen molar-refractivity contribution < 1.29 is 9.53 Å². The number of fused-ring (bicyclic) bond motifs is 1. The zero-order chi connectivity index (χ0) is 15.5. The molecule has 1 aromatic carbocycles. The van der Waals surface area contributed by atoms with Crippen molar-refractivity contribution in [2.45, 2.75) is 25.6 Å². The van der Waals surface area contributed by atoms with Gasteiger partial charge in [0.05, 0.1) is 12.7 Å². The number of pyridine rings is 1. The number of aromatic amines is 1. The van der Waals surface area contributed by atoms with Crippen molar-refractivity contribution in [1.29, 1.82) is 0 Å². The molecule has 6 nitrogen and oxygen atoms in total. The summed E-state index contributed by atoms with van der Waals surface area (Å²) in [7, 11) is 0. The van der Waals surface area contributed by atoms with Gasteiger partial charge in [-0.3, -0.25) is 9.59 Å². The maximum atomic E-state index is 12.3. The van der Waals surface area contributed by atoms with Crippen molar-refractivity contribution in [2.24, 2.45) is 0 Å². The van der Waals surface area contributed by atoms with Crippen LogP contribution in [0.25, 0.3) is 10.9 Å². The molecule has 116 valence electrons. The van der Waals surface area contributed by atoms with Crippen LogP contribution >= 0.6 is 0 Å². The minimum atomic E-state index is -0.359. The van der Waals surface area contributed by atoms with Crippen molar-refractivity contribution in [2.75, 3.05) is 13.2 Å². The van der Waals surface area contributed by atoms with Crippen molar-refractivity contribution in [3.8, 4) is 0 Å². The van der Waals surface area contributed by atoms with E-state index in [1.54, 1.807) is 0 Å². The van der Waals surface area contributed by atoms with Crippen LogP contribution in [-0.4, -0.2) is 36.2 Å². The van der Waals surface area contributed by atoms with Gasteiger partial charge in [0.2, 0.25) is 11.5 Å². The van der Waals surface area contributed by atoms with Crippen molar-refractivity contribution in [3.63, 3.8) is 0 Å². The summed E-state index contributed by atoms with van der Waals surface area (Å²) in [6, 6.07) is 8.72. The summed E-state index contributed by atoms with van der Waals surface area (Å²) < 4.78 is 5.47. The van der Waals surface area contributed by atoms with Gasteiger partial charge < -0.3 is 20.4 Å². The molecule has 1 amide bonds. The highest BCUT2D eigenvalue weighted by atomic mass is 16.5. The fourth-order valence-electron chi connectivity index (χ4n) is 2.74. The Balaban J connectivity index is 1.76. The third-order valence-electron chi connectivity index (χ3n) is 3.89. The highest BCUT2D eigenvalue weighted by Gasteiger charge is 2.27. The first-order valence-electron chi connectivity index (χ1n) is 7.39. The average Bonchev–Trinajstić information content (AvgIpc) is 2.52. The van der Waals surface area contributed by atoms with E-state index < -0.39 is 0 Å². The lowest BCUT2D eigenvalue weighted by Gasteiger charge is -2.29. The minimum absolute atomic E-state index is 0.114. The molecule has 1 aromatic heterocycles. The summed E-state index contributed by atoms with van der Waals surface area (Å²) in [5.41, 5.74) is 1.40. The van der Waals surface area contributed by atoms with E-state index in [1.165, 1.54) is 6.07 Å². The summed E-state index contributed by atoms with van der Waals surface area (Å²) >= 11 is 0. The molecule has 3 rings (SSSR count). The second kappa shape index (κ2) is 6.29. The number of carbonyl (C=O) groups excluding carboxylic acids is 1. The Hall–Kier alpha value is -2.18. The van der Waals surface area contributed by atoms with Crippen LogP contribution < -0.4 is 16.2 Å². The molecule has 2 atom stereocenters. The van der Waals surface area contributed by atoms with Crippen LogP contribution in [0.1, 0.15) is 12.5 Å². The number of benzene rings is 1. The first-order valence-corrected chi connectivity index (χ1v) is 7.39. The van der Waals surface area contributed by atoms with Gasteiger partial charge in [0, 0.05) is 30.1 Å². The van der Waals surface area contributed by atoms with E-state index in [0.717, 1.165) is 16.5 Å². The number of nitrogens with one attached hydrogen (secondary N) is 3. The molecular weight excluding hydrogens is 282 g/mol. The predicted octanol–water partition coefficient (Wildman–Crippen LogP) is 0.521. The number of hydrogen-bond donors (Lipinski definition) is 3. The minimum Gasteiger partial charge on any atom is -0.375 e. The molecule has 2 aromatic rings. The van der Waals surface area contributed by atoms with Crippen LogP contribution in [0.4, 0.5) is 0 Å². The molecule has 22 heavy (non-hydrogen) atoms. The largest absolute Gasteiger partial charge is 0.375 e. The van der Waals surface area contributed by atoms with E-state index >= 15 is 0 Å². The Bertz CT molecular complexity index is 741. The van der Waals surface area contributed by atoms with Crippen LogP contribution in [0.15, 0.2) is 35.1 Å². The number of H-pyrrole nitrogens is 1. The van der Waals surface area contributed by atoms with Gasteiger partial charge in [-0.2, -0.15) is 0 Å². The Labute approximate surface area is 127 Å². The molecular formula is C16H19N3O3. The maximum absolute atomic E-state index is 12.3. The molecule has 1 aliphatic rings. The Kier molecular flexibility index (Phi) is 4.22. The van der Waals surface area contributed by atoms with Crippen LogP contribution in [0, 0.1) is 0 Å². The Morgan fingerprint density at radius 1 is 1.41 bits per heavy atom. The lowest BCUT2D eigenvalue weighted by atomic mass is 10.1. The Morgan fingerprint density at radius 2 is 2.23 bits per heavy atom. The van der Waals surface area contributed by atoms with Crippen molar-refractivity contribution in [1.82, 2.24) is 15.6 Å². The lowest BCUT2D eigenvalue weighted by Crippen LogP contribution is -2.55. The van der Waals surface area contributed by atoms with Gasteiger partial charge in [0.25, 0.3) is 0 Å². The van der Waals surface area contributed by atoms with Gasteiger partial charge >= 0.3 is 0 Å². The van der Waals surface area contributed by atoms with Crippen molar-refractivity contribution >= 4 is 16.8 Å². The summed E-state index contributed by atoms with van der Waals surface area (Å²) in [6.07, 6.45) is -0.162. The smallest absolute Gasteiger partial charge is 0.248 e. The standard InChI is InChI=1S/C16H19N3O3/c1-10-15(17-6-7-22-10)16(21)18-9-11-8-14(20)19-13-5-3-2-4-12(11)13/h2-5,8,10,15,17H,6-7,9H2,1H3,(H,18,21)(H,19,20)/t10-,15+/m1/s1. The van der Waals surface area contributed by atoms with E-state index in [-0.39, 0.29) is 23.6 Å². The fourth-order valence-corrected chi connectivity index (χ4v) is 2.74. The van der Waals surface area contributed by atoms with Gasteiger partial charge in [0.1, 0.15) is 6.04 Å². The summed E-state index contributed by atoms with van der Waals surface area (Å²) in [4.78, 5) is 26.8. The van der Waals surface area contributed by atoms with E-state index in [1.807, 2.05) is 31.2 Å². The summed E-state index contributed by atoms with van der Waals surface area (Å²) in [6.45, 7) is 3.47. The van der Waals surface area contributed by atoms with E-state index in [0.29, 0.717) is 19.7 Å². The average molecular weight is 301 g/mol. The van der Waals surface area contributed by atoms with Crippen molar-refractivity contribution in [3.05, 3.63) is 46.2 Å². The molecule has 0 bridgehead atoms.